The molecule has 0 radical (unpaired) electrons. The van der Waals surface area contributed by atoms with Crippen molar-refractivity contribution in [3.63, 3.8) is 0 Å². The van der Waals surface area contributed by atoms with Crippen molar-refractivity contribution in [1.82, 2.24) is 4.98 Å². The molecule has 0 N–H and O–H groups in total. The fourth-order valence-corrected chi connectivity index (χ4v) is 7.15. The van der Waals surface area contributed by atoms with Crippen molar-refractivity contribution >= 4 is 17.1 Å². The molecule has 164 valence electrons. The SMILES string of the molecule is c1ccc2c(c1)Cc1c-2ccc2c1Cc1ccnc3c1N2c1c(ccc2c1Cc1ccccc1-2)C3. The molecule has 35 heavy (non-hydrogen) atoms. The first kappa shape index (κ1) is 18.2. The van der Waals surface area contributed by atoms with Crippen LogP contribution in [0.5, 0.6) is 0 Å². The average molecular weight is 447 g/mol. The van der Waals surface area contributed by atoms with Gasteiger partial charge in [-0.1, -0.05) is 66.7 Å². The fraction of sp³-hybridized carbons (Fsp3) is 0.121. The minimum absolute atomic E-state index is 0.907. The van der Waals surface area contributed by atoms with E-state index in [0.29, 0.717) is 0 Å². The van der Waals surface area contributed by atoms with Crippen LogP contribution < -0.4 is 4.90 Å². The van der Waals surface area contributed by atoms with E-state index in [1.807, 2.05) is 6.20 Å². The number of nitrogens with zero attached hydrogens (tertiary/aromatic N) is 2. The number of benzene rings is 4. The Balaban J connectivity index is 1.33. The van der Waals surface area contributed by atoms with E-state index in [2.05, 4.69) is 83.8 Å². The Morgan fingerprint density at radius 2 is 1.14 bits per heavy atom. The molecule has 3 heterocycles. The third-order valence-corrected chi connectivity index (χ3v) is 8.62. The summed E-state index contributed by atoms with van der Waals surface area (Å²) in [6.07, 6.45) is 5.94. The number of rotatable bonds is 0. The summed E-state index contributed by atoms with van der Waals surface area (Å²) in [5.74, 6) is 0. The molecule has 0 saturated carbocycles. The normalized spacial score (nSPS) is 14.9. The summed E-state index contributed by atoms with van der Waals surface area (Å²) in [5, 5.41) is 0. The molecule has 0 spiro atoms. The highest BCUT2D eigenvalue weighted by atomic mass is 15.2. The Morgan fingerprint density at radius 3 is 1.97 bits per heavy atom. The van der Waals surface area contributed by atoms with Crippen LogP contribution in [0.2, 0.25) is 0 Å². The molecule has 5 aromatic rings. The first-order valence-electron chi connectivity index (χ1n) is 12.6. The lowest BCUT2D eigenvalue weighted by Gasteiger charge is -2.40. The summed E-state index contributed by atoms with van der Waals surface area (Å²) < 4.78 is 0. The Morgan fingerprint density at radius 1 is 0.486 bits per heavy atom. The van der Waals surface area contributed by atoms with Gasteiger partial charge in [-0.2, -0.15) is 0 Å². The van der Waals surface area contributed by atoms with Crippen molar-refractivity contribution in [2.45, 2.75) is 25.7 Å². The lowest BCUT2D eigenvalue weighted by molar-refractivity contribution is 0.946. The van der Waals surface area contributed by atoms with Gasteiger partial charge in [-0.15, -0.1) is 0 Å². The lowest BCUT2D eigenvalue weighted by Crippen LogP contribution is -2.27. The van der Waals surface area contributed by atoms with Crippen molar-refractivity contribution in [3.8, 4) is 22.3 Å². The molecule has 2 nitrogen and oxygen atoms in total. The minimum atomic E-state index is 0.907. The van der Waals surface area contributed by atoms with Crippen LogP contribution in [-0.4, -0.2) is 4.98 Å². The van der Waals surface area contributed by atoms with Crippen LogP contribution in [0.1, 0.15) is 44.6 Å². The van der Waals surface area contributed by atoms with Crippen molar-refractivity contribution < 1.29 is 0 Å². The fourth-order valence-electron chi connectivity index (χ4n) is 7.15. The summed E-state index contributed by atoms with van der Waals surface area (Å²) in [7, 11) is 0. The number of fused-ring (bicyclic) bond motifs is 12. The third-order valence-electron chi connectivity index (χ3n) is 8.62. The van der Waals surface area contributed by atoms with Gasteiger partial charge in [0.15, 0.2) is 0 Å². The van der Waals surface area contributed by atoms with Crippen LogP contribution >= 0.6 is 0 Å². The first-order chi connectivity index (χ1) is 17.3. The van der Waals surface area contributed by atoms with Crippen molar-refractivity contribution in [3.05, 3.63) is 130 Å². The van der Waals surface area contributed by atoms with Crippen LogP contribution in [0.25, 0.3) is 22.3 Å². The third kappa shape index (κ3) is 2.23. The van der Waals surface area contributed by atoms with Gasteiger partial charge in [0.05, 0.1) is 22.8 Å². The molecule has 2 aliphatic carbocycles. The van der Waals surface area contributed by atoms with Crippen LogP contribution in [0.15, 0.2) is 85.1 Å². The predicted molar refractivity (Wildman–Crippen MR) is 141 cm³/mol. The van der Waals surface area contributed by atoms with Gasteiger partial charge in [0.25, 0.3) is 0 Å². The largest absolute Gasteiger partial charge is 0.307 e. The number of aromatic nitrogens is 1. The molecule has 0 unspecified atom stereocenters. The Labute approximate surface area is 204 Å². The maximum atomic E-state index is 4.88. The second-order valence-corrected chi connectivity index (χ2v) is 10.3. The second kappa shape index (κ2) is 6.28. The maximum Gasteiger partial charge on any atom is 0.0716 e. The molecular formula is C33H22N2. The van der Waals surface area contributed by atoms with Crippen molar-refractivity contribution in [2.75, 3.05) is 4.90 Å². The van der Waals surface area contributed by atoms with E-state index in [1.165, 1.54) is 84.0 Å². The van der Waals surface area contributed by atoms with Gasteiger partial charge in [0, 0.05) is 25.5 Å². The molecule has 2 heteroatoms. The predicted octanol–water partition coefficient (Wildman–Crippen LogP) is 7.50. The van der Waals surface area contributed by atoms with Crippen molar-refractivity contribution in [2.24, 2.45) is 0 Å². The highest BCUT2D eigenvalue weighted by Crippen LogP contribution is 2.56. The molecule has 0 saturated heterocycles. The van der Waals surface area contributed by atoms with Crippen molar-refractivity contribution in [1.29, 1.82) is 0 Å². The standard InChI is InChI=1S/C33H22N2/c1-3-7-23-19(5-1)15-27-25(23)11-12-31-28(27)17-22-13-14-34-30-18-21-9-10-26-24-8-4-2-6-20(24)16-29(26)32(21)35(31)33(22)30/h1-14H,15-18H2. The molecule has 4 aliphatic rings. The Bertz CT molecular complexity index is 1760. The molecule has 1 aromatic heterocycles. The van der Waals surface area contributed by atoms with Crippen LogP contribution in [0.4, 0.5) is 17.1 Å². The zero-order chi connectivity index (χ0) is 22.7. The topological polar surface area (TPSA) is 16.1 Å². The van der Waals surface area contributed by atoms with E-state index in [0.717, 1.165) is 25.7 Å². The molecular weight excluding hydrogens is 424 g/mol. The first-order valence-corrected chi connectivity index (χ1v) is 12.6. The maximum absolute atomic E-state index is 4.88. The minimum Gasteiger partial charge on any atom is -0.307 e. The smallest absolute Gasteiger partial charge is 0.0716 e. The van der Waals surface area contributed by atoms with Gasteiger partial charge >= 0.3 is 0 Å². The summed E-state index contributed by atoms with van der Waals surface area (Å²) in [6, 6.07) is 29.5. The summed E-state index contributed by atoms with van der Waals surface area (Å²) >= 11 is 0. The molecule has 4 aromatic carbocycles. The molecule has 9 rings (SSSR count). The molecule has 0 fully saturated rings. The monoisotopic (exact) mass is 446 g/mol. The highest BCUT2D eigenvalue weighted by Gasteiger charge is 2.37. The number of anilines is 3. The van der Waals surface area contributed by atoms with Gasteiger partial charge in [-0.3, -0.25) is 4.98 Å². The number of hydrogen-bond donors (Lipinski definition) is 0. The average Bonchev–Trinajstić information content (AvgIpc) is 3.47. The van der Waals surface area contributed by atoms with Gasteiger partial charge < -0.3 is 4.90 Å². The van der Waals surface area contributed by atoms with E-state index in [-0.39, 0.29) is 0 Å². The lowest BCUT2D eigenvalue weighted by atomic mass is 9.84. The van der Waals surface area contributed by atoms with E-state index >= 15 is 0 Å². The van der Waals surface area contributed by atoms with Gasteiger partial charge in [-0.05, 0) is 79.8 Å². The van der Waals surface area contributed by atoms with E-state index < -0.39 is 0 Å². The molecule has 0 atom stereocenters. The summed E-state index contributed by atoms with van der Waals surface area (Å²) in [6.45, 7) is 0. The highest BCUT2D eigenvalue weighted by molar-refractivity contribution is 5.96. The quantitative estimate of drug-likeness (QED) is 0.240. The van der Waals surface area contributed by atoms with Gasteiger partial charge in [0.1, 0.15) is 0 Å². The van der Waals surface area contributed by atoms with E-state index in [1.54, 1.807) is 0 Å². The summed E-state index contributed by atoms with van der Waals surface area (Å²) in [5.41, 5.74) is 21.1. The van der Waals surface area contributed by atoms with Gasteiger partial charge in [-0.25, -0.2) is 0 Å². The van der Waals surface area contributed by atoms with Crippen LogP contribution in [0.3, 0.4) is 0 Å². The zero-order valence-electron chi connectivity index (χ0n) is 19.3. The molecule has 2 aliphatic heterocycles. The van der Waals surface area contributed by atoms with E-state index in [4.69, 9.17) is 4.98 Å². The molecule has 0 bridgehead atoms. The zero-order valence-corrected chi connectivity index (χ0v) is 19.3. The Hall–Kier alpha value is -4.17. The second-order valence-electron chi connectivity index (χ2n) is 10.3. The Kier molecular flexibility index (Phi) is 3.27. The summed E-state index contributed by atoms with van der Waals surface area (Å²) in [4.78, 5) is 7.47. The van der Waals surface area contributed by atoms with Crippen LogP contribution in [-0.2, 0) is 25.7 Å². The van der Waals surface area contributed by atoms with Gasteiger partial charge in [0.2, 0.25) is 0 Å². The molecule has 0 amide bonds. The number of pyridine rings is 1. The van der Waals surface area contributed by atoms with E-state index in [9.17, 15) is 0 Å². The van der Waals surface area contributed by atoms with Crippen LogP contribution in [0, 0.1) is 0 Å². The number of hydrogen-bond acceptors (Lipinski definition) is 2.